The maximum absolute atomic E-state index is 12.1. The van der Waals surface area contributed by atoms with Gasteiger partial charge in [-0.3, -0.25) is 9.59 Å². The van der Waals surface area contributed by atoms with Crippen molar-refractivity contribution in [3.8, 4) is 0 Å². The second-order valence-corrected chi connectivity index (χ2v) is 4.65. The zero-order chi connectivity index (χ0) is 12.3. The van der Waals surface area contributed by atoms with Gasteiger partial charge < -0.3 is 10.2 Å². The van der Waals surface area contributed by atoms with Crippen LogP contribution >= 0.6 is 0 Å². The lowest BCUT2D eigenvalue weighted by atomic mass is 9.99. The zero-order valence-electron chi connectivity index (χ0n) is 10.2. The SMILES string of the molecule is C=CCN1C(=O)C(CC(C)C)NC(=O)C1C. The lowest BCUT2D eigenvalue weighted by molar-refractivity contribution is -0.148. The average molecular weight is 224 g/mol. The van der Waals surface area contributed by atoms with E-state index in [0.29, 0.717) is 18.9 Å². The molecule has 0 saturated carbocycles. The molecule has 0 radical (unpaired) electrons. The van der Waals surface area contributed by atoms with E-state index in [2.05, 4.69) is 11.9 Å². The van der Waals surface area contributed by atoms with E-state index in [1.807, 2.05) is 13.8 Å². The summed E-state index contributed by atoms with van der Waals surface area (Å²) < 4.78 is 0. The largest absolute Gasteiger partial charge is 0.343 e. The van der Waals surface area contributed by atoms with E-state index in [-0.39, 0.29) is 17.9 Å². The fraction of sp³-hybridized carbons (Fsp3) is 0.667. The second kappa shape index (κ2) is 5.14. The van der Waals surface area contributed by atoms with Gasteiger partial charge in [0.25, 0.3) is 0 Å². The average Bonchev–Trinajstić information content (AvgIpc) is 2.20. The summed E-state index contributed by atoms with van der Waals surface area (Å²) in [5.41, 5.74) is 0. The van der Waals surface area contributed by atoms with Crippen molar-refractivity contribution in [2.24, 2.45) is 5.92 Å². The van der Waals surface area contributed by atoms with Gasteiger partial charge in [-0.15, -0.1) is 6.58 Å². The lowest BCUT2D eigenvalue weighted by Gasteiger charge is -2.37. The number of amides is 2. The monoisotopic (exact) mass is 224 g/mol. The van der Waals surface area contributed by atoms with Gasteiger partial charge in [-0.25, -0.2) is 0 Å². The number of carbonyl (C=O) groups excluding carboxylic acids is 2. The van der Waals surface area contributed by atoms with Crippen LogP contribution in [0.1, 0.15) is 27.2 Å². The van der Waals surface area contributed by atoms with E-state index in [4.69, 9.17) is 0 Å². The molecular formula is C12H20N2O2. The number of piperazine rings is 1. The fourth-order valence-corrected chi connectivity index (χ4v) is 1.90. The van der Waals surface area contributed by atoms with Crippen molar-refractivity contribution >= 4 is 11.8 Å². The summed E-state index contributed by atoms with van der Waals surface area (Å²) in [4.78, 5) is 25.3. The minimum Gasteiger partial charge on any atom is -0.343 e. The highest BCUT2D eigenvalue weighted by Crippen LogP contribution is 2.15. The number of hydrogen-bond donors (Lipinski definition) is 1. The Morgan fingerprint density at radius 1 is 1.50 bits per heavy atom. The number of rotatable bonds is 4. The first-order valence-electron chi connectivity index (χ1n) is 5.69. The fourth-order valence-electron chi connectivity index (χ4n) is 1.90. The van der Waals surface area contributed by atoms with Crippen LogP contribution in [0.5, 0.6) is 0 Å². The molecule has 2 atom stereocenters. The highest BCUT2D eigenvalue weighted by molar-refractivity contribution is 5.96. The molecule has 1 aliphatic heterocycles. The molecule has 0 spiro atoms. The molecule has 0 aliphatic carbocycles. The van der Waals surface area contributed by atoms with Crippen molar-refractivity contribution in [3.05, 3.63) is 12.7 Å². The summed E-state index contributed by atoms with van der Waals surface area (Å²) in [6.07, 6.45) is 2.34. The van der Waals surface area contributed by atoms with Crippen LogP contribution in [0.25, 0.3) is 0 Å². The molecule has 2 amide bonds. The van der Waals surface area contributed by atoms with Crippen LogP contribution in [0.15, 0.2) is 12.7 Å². The molecule has 1 fully saturated rings. The van der Waals surface area contributed by atoms with Crippen LogP contribution in [0.4, 0.5) is 0 Å². The van der Waals surface area contributed by atoms with Crippen molar-refractivity contribution in [3.63, 3.8) is 0 Å². The predicted molar refractivity (Wildman–Crippen MR) is 62.8 cm³/mol. The molecule has 1 N–H and O–H groups in total. The maximum atomic E-state index is 12.1. The zero-order valence-corrected chi connectivity index (χ0v) is 10.2. The highest BCUT2D eigenvalue weighted by atomic mass is 16.2. The molecule has 16 heavy (non-hydrogen) atoms. The number of nitrogens with zero attached hydrogens (tertiary/aromatic N) is 1. The molecule has 1 aliphatic rings. The minimum absolute atomic E-state index is 0.000648. The number of hydrogen-bond acceptors (Lipinski definition) is 2. The third-order valence-electron chi connectivity index (χ3n) is 2.78. The minimum atomic E-state index is -0.395. The van der Waals surface area contributed by atoms with Gasteiger partial charge in [-0.05, 0) is 19.3 Å². The normalized spacial score (nSPS) is 25.9. The van der Waals surface area contributed by atoms with Gasteiger partial charge in [-0.1, -0.05) is 19.9 Å². The summed E-state index contributed by atoms with van der Waals surface area (Å²) >= 11 is 0. The summed E-state index contributed by atoms with van der Waals surface area (Å²) in [5.74, 6) is 0.307. The van der Waals surface area contributed by atoms with Crippen molar-refractivity contribution in [2.45, 2.75) is 39.3 Å². The Morgan fingerprint density at radius 3 is 2.62 bits per heavy atom. The molecule has 0 aromatic heterocycles. The molecule has 4 nitrogen and oxygen atoms in total. The number of carbonyl (C=O) groups is 2. The van der Waals surface area contributed by atoms with Crippen molar-refractivity contribution < 1.29 is 9.59 Å². The van der Waals surface area contributed by atoms with Crippen molar-refractivity contribution in [1.82, 2.24) is 10.2 Å². The van der Waals surface area contributed by atoms with Crippen LogP contribution in [-0.4, -0.2) is 35.3 Å². The van der Waals surface area contributed by atoms with E-state index in [9.17, 15) is 9.59 Å². The van der Waals surface area contributed by atoms with Crippen LogP contribution in [0.3, 0.4) is 0 Å². The first-order chi connectivity index (χ1) is 7.47. The van der Waals surface area contributed by atoms with Gasteiger partial charge in [0.1, 0.15) is 12.1 Å². The molecule has 1 heterocycles. The van der Waals surface area contributed by atoms with E-state index >= 15 is 0 Å². The third-order valence-corrected chi connectivity index (χ3v) is 2.78. The Morgan fingerprint density at radius 2 is 2.12 bits per heavy atom. The summed E-state index contributed by atoms with van der Waals surface area (Å²) in [7, 11) is 0. The Kier molecular flexibility index (Phi) is 4.10. The molecule has 2 unspecified atom stereocenters. The molecule has 4 heteroatoms. The van der Waals surface area contributed by atoms with Crippen molar-refractivity contribution in [2.75, 3.05) is 6.54 Å². The summed E-state index contributed by atoms with van der Waals surface area (Å²) in [6.45, 7) is 9.85. The van der Waals surface area contributed by atoms with E-state index < -0.39 is 6.04 Å². The van der Waals surface area contributed by atoms with Gasteiger partial charge in [0.05, 0.1) is 0 Å². The van der Waals surface area contributed by atoms with Gasteiger partial charge in [0, 0.05) is 6.54 Å². The first-order valence-corrected chi connectivity index (χ1v) is 5.69. The molecule has 1 saturated heterocycles. The lowest BCUT2D eigenvalue weighted by Crippen LogP contribution is -2.62. The highest BCUT2D eigenvalue weighted by Gasteiger charge is 2.37. The Labute approximate surface area is 96.7 Å². The van der Waals surface area contributed by atoms with Crippen molar-refractivity contribution in [1.29, 1.82) is 0 Å². The number of nitrogens with one attached hydrogen (secondary N) is 1. The van der Waals surface area contributed by atoms with Crippen LogP contribution in [0.2, 0.25) is 0 Å². The second-order valence-electron chi connectivity index (χ2n) is 4.65. The Hall–Kier alpha value is -1.32. The van der Waals surface area contributed by atoms with Crippen LogP contribution in [-0.2, 0) is 9.59 Å². The van der Waals surface area contributed by atoms with Crippen LogP contribution in [0, 0.1) is 5.92 Å². The smallest absolute Gasteiger partial charge is 0.246 e. The molecule has 90 valence electrons. The van der Waals surface area contributed by atoms with Gasteiger partial charge in [0.2, 0.25) is 11.8 Å². The molecule has 0 aromatic rings. The Balaban J connectivity index is 2.79. The summed E-state index contributed by atoms with van der Waals surface area (Å²) in [5, 5.41) is 2.77. The maximum Gasteiger partial charge on any atom is 0.246 e. The molecule has 1 rings (SSSR count). The van der Waals surface area contributed by atoms with E-state index in [0.717, 1.165) is 0 Å². The predicted octanol–water partition coefficient (Wildman–Crippen LogP) is 0.934. The molecular weight excluding hydrogens is 204 g/mol. The van der Waals surface area contributed by atoms with Crippen LogP contribution < -0.4 is 5.32 Å². The topological polar surface area (TPSA) is 49.4 Å². The first kappa shape index (κ1) is 12.7. The van der Waals surface area contributed by atoms with Gasteiger partial charge in [-0.2, -0.15) is 0 Å². The third kappa shape index (κ3) is 2.62. The molecule has 0 bridgehead atoms. The van der Waals surface area contributed by atoms with E-state index in [1.54, 1.807) is 17.9 Å². The van der Waals surface area contributed by atoms with E-state index in [1.165, 1.54) is 0 Å². The summed E-state index contributed by atoms with van der Waals surface area (Å²) in [6, 6.07) is -0.766. The quantitative estimate of drug-likeness (QED) is 0.722. The van der Waals surface area contributed by atoms with Gasteiger partial charge in [0.15, 0.2) is 0 Å². The van der Waals surface area contributed by atoms with Gasteiger partial charge >= 0.3 is 0 Å². The Bertz CT molecular complexity index is 299. The molecule has 0 aromatic carbocycles. The standard InChI is InChI=1S/C12H20N2O2/c1-5-6-14-9(4)11(15)13-10(12(14)16)7-8(2)3/h5,8-10H,1,6-7H2,2-4H3,(H,13,15).